The van der Waals surface area contributed by atoms with Crippen LogP contribution in [-0.4, -0.2) is 25.5 Å². The maximum atomic E-state index is 12.3. The second kappa shape index (κ2) is 6.05. The molecule has 1 aromatic carbocycles. The van der Waals surface area contributed by atoms with E-state index in [9.17, 15) is 8.42 Å². The van der Waals surface area contributed by atoms with Crippen molar-refractivity contribution < 1.29 is 13.2 Å². The molecule has 1 N–H and O–H groups in total. The molecule has 0 radical (unpaired) electrons. The molecule has 0 amide bonds. The van der Waals surface area contributed by atoms with Gasteiger partial charge in [0.15, 0.2) is 0 Å². The third-order valence-corrected chi connectivity index (χ3v) is 4.55. The molecule has 0 aliphatic carbocycles. The van der Waals surface area contributed by atoms with Crippen LogP contribution >= 0.6 is 23.2 Å². The van der Waals surface area contributed by atoms with E-state index in [2.05, 4.69) is 14.7 Å². The number of aromatic nitrogens is 2. The zero-order valence-electron chi connectivity index (χ0n) is 11.1. The van der Waals surface area contributed by atoms with E-state index in [1.54, 1.807) is 13.0 Å². The van der Waals surface area contributed by atoms with Crippen LogP contribution in [0, 0.1) is 6.92 Å². The van der Waals surface area contributed by atoms with Crippen molar-refractivity contribution in [2.45, 2.75) is 11.8 Å². The summed E-state index contributed by atoms with van der Waals surface area (Å²) in [5, 5.41) is 0.443. The number of halogens is 2. The number of methoxy groups -OCH3 is 1. The molecule has 1 heterocycles. The molecule has 6 nitrogen and oxygen atoms in total. The van der Waals surface area contributed by atoms with E-state index in [4.69, 9.17) is 27.9 Å². The Hall–Kier alpha value is -1.57. The molecule has 1 aromatic heterocycles. The molecule has 9 heteroatoms. The first-order chi connectivity index (χ1) is 9.83. The fourth-order valence-corrected chi connectivity index (χ4v) is 2.76. The molecular weight excluding hydrogens is 337 g/mol. The molecule has 2 aromatic rings. The van der Waals surface area contributed by atoms with Crippen LogP contribution in [0.1, 0.15) is 5.56 Å². The van der Waals surface area contributed by atoms with Crippen molar-refractivity contribution >= 4 is 38.9 Å². The number of hydrogen-bond acceptors (Lipinski definition) is 5. The Bertz CT molecular complexity index is 764. The number of nitrogens with one attached hydrogen (secondary N) is 1. The van der Waals surface area contributed by atoms with Gasteiger partial charge in [0.25, 0.3) is 10.0 Å². The SMILES string of the molecule is COc1cc(Cl)c(C)cc1NS(=O)(=O)c1cnc(Cl)nc1. The minimum Gasteiger partial charge on any atom is -0.495 e. The Morgan fingerprint density at radius 2 is 1.81 bits per heavy atom. The Morgan fingerprint density at radius 3 is 2.38 bits per heavy atom. The van der Waals surface area contributed by atoms with Crippen LogP contribution in [0.5, 0.6) is 5.75 Å². The molecule has 0 saturated heterocycles. The highest BCUT2D eigenvalue weighted by Crippen LogP contribution is 2.32. The quantitative estimate of drug-likeness (QED) is 0.860. The van der Waals surface area contributed by atoms with Crippen LogP contribution in [0.2, 0.25) is 10.3 Å². The van der Waals surface area contributed by atoms with Crippen molar-refractivity contribution in [2.24, 2.45) is 0 Å². The number of anilines is 1. The number of hydrogen-bond donors (Lipinski definition) is 1. The van der Waals surface area contributed by atoms with E-state index in [0.29, 0.717) is 16.3 Å². The van der Waals surface area contributed by atoms with E-state index >= 15 is 0 Å². The summed E-state index contributed by atoms with van der Waals surface area (Å²) in [6.45, 7) is 1.75. The maximum absolute atomic E-state index is 12.3. The van der Waals surface area contributed by atoms with E-state index in [1.165, 1.54) is 13.2 Å². The number of benzene rings is 1. The average Bonchev–Trinajstić information content (AvgIpc) is 2.42. The highest BCUT2D eigenvalue weighted by Gasteiger charge is 2.18. The summed E-state index contributed by atoms with van der Waals surface area (Å²) in [5.41, 5.74) is 0.983. The van der Waals surface area contributed by atoms with Crippen molar-refractivity contribution in [1.82, 2.24) is 9.97 Å². The van der Waals surface area contributed by atoms with Crippen LogP contribution in [0.15, 0.2) is 29.4 Å². The molecule has 0 unspecified atom stereocenters. The Kier molecular flexibility index (Phi) is 4.55. The molecule has 0 spiro atoms. The van der Waals surface area contributed by atoms with Crippen LogP contribution in [0.3, 0.4) is 0 Å². The van der Waals surface area contributed by atoms with Crippen LogP contribution in [-0.2, 0) is 10.0 Å². The average molecular weight is 348 g/mol. The lowest BCUT2D eigenvalue weighted by Crippen LogP contribution is -2.14. The fourth-order valence-electron chi connectivity index (χ4n) is 1.55. The predicted molar refractivity (Wildman–Crippen MR) is 80.6 cm³/mol. The molecule has 0 fully saturated rings. The van der Waals surface area contributed by atoms with E-state index < -0.39 is 10.0 Å². The van der Waals surface area contributed by atoms with E-state index in [-0.39, 0.29) is 15.9 Å². The van der Waals surface area contributed by atoms with Crippen molar-refractivity contribution in [3.8, 4) is 5.75 Å². The van der Waals surface area contributed by atoms with Crippen LogP contribution in [0.25, 0.3) is 0 Å². The third kappa shape index (κ3) is 3.55. The predicted octanol–water partition coefficient (Wildman–Crippen LogP) is 2.90. The topological polar surface area (TPSA) is 81.2 Å². The monoisotopic (exact) mass is 347 g/mol. The second-order valence-corrected chi connectivity index (χ2v) is 6.52. The minimum atomic E-state index is -3.85. The zero-order chi connectivity index (χ0) is 15.6. The Morgan fingerprint density at radius 1 is 1.19 bits per heavy atom. The van der Waals surface area contributed by atoms with Gasteiger partial charge < -0.3 is 4.74 Å². The molecule has 2 rings (SSSR count). The first-order valence-corrected chi connectivity index (χ1v) is 7.92. The molecule has 0 saturated carbocycles. The van der Waals surface area contributed by atoms with Gasteiger partial charge in [0.1, 0.15) is 10.6 Å². The zero-order valence-corrected chi connectivity index (χ0v) is 13.4. The van der Waals surface area contributed by atoms with Crippen molar-refractivity contribution in [3.63, 3.8) is 0 Å². The molecule has 0 aliphatic rings. The summed E-state index contributed by atoms with van der Waals surface area (Å²) in [6, 6.07) is 3.11. The van der Waals surface area contributed by atoms with Gasteiger partial charge in [-0.15, -0.1) is 0 Å². The normalized spacial score (nSPS) is 11.2. The Balaban J connectivity index is 2.41. The highest BCUT2D eigenvalue weighted by molar-refractivity contribution is 7.92. The molecule has 112 valence electrons. The summed E-state index contributed by atoms with van der Waals surface area (Å²) in [5.74, 6) is 0.309. The van der Waals surface area contributed by atoms with E-state index in [1.807, 2.05) is 0 Å². The van der Waals surface area contributed by atoms with Gasteiger partial charge in [-0.1, -0.05) is 11.6 Å². The van der Waals surface area contributed by atoms with Gasteiger partial charge in [-0.25, -0.2) is 18.4 Å². The van der Waals surface area contributed by atoms with Crippen LogP contribution in [0.4, 0.5) is 5.69 Å². The lowest BCUT2D eigenvalue weighted by molar-refractivity contribution is 0.417. The maximum Gasteiger partial charge on any atom is 0.265 e. The fraction of sp³-hybridized carbons (Fsp3) is 0.167. The minimum absolute atomic E-state index is 0.0335. The number of sulfonamides is 1. The van der Waals surface area contributed by atoms with Gasteiger partial charge >= 0.3 is 0 Å². The molecule has 0 aliphatic heterocycles. The van der Waals surface area contributed by atoms with Gasteiger partial charge in [-0.2, -0.15) is 0 Å². The van der Waals surface area contributed by atoms with Gasteiger partial charge in [0.05, 0.1) is 25.2 Å². The first kappa shape index (κ1) is 15.8. The standard InChI is InChI=1S/C12H11Cl2N3O3S/c1-7-3-10(11(20-2)4-9(7)13)17-21(18,19)8-5-15-12(14)16-6-8/h3-6,17H,1-2H3. The number of nitrogens with zero attached hydrogens (tertiary/aromatic N) is 2. The lowest BCUT2D eigenvalue weighted by Gasteiger charge is -2.13. The summed E-state index contributed by atoms with van der Waals surface area (Å²) in [6.07, 6.45) is 2.24. The molecular formula is C12H11Cl2N3O3S. The van der Waals surface area contributed by atoms with Gasteiger partial charge in [-0.3, -0.25) is 4.72 Å². The Labute approximate surface area is 132 Å². The number of aryl methyl sites for hydroxylation is 1. The smallest absolute Gasteiger partial charge is 0.265 e. The summed E-state index contributed by atoms with van der Waals surface area (Å²) < 4.78 is 32.0. The molecule has 0 atom stereocenters. The van der Waals surface area contributed by atoms with Gasteiger partial charge in [-0.05, 0) is 30.2 Å². The largest absolute Gasteiger partial charge is 0.495 e. The third-order valence-electron chi connectivity index (χ3n) is 2.63. The van der Waals surface area contributed by atoms with Crippen molar-refractivity contribution in [2.75, 3.05) is 11.8 Å². The number of rotatable bonds is 4. The molecule has 0 bridgehead atoms. The van der Waals surface area contributed by atoms with Crippen molar-refractivity contribution in [1.29, 1.82) is 0 Å². The lowest BCUT2D eigenvalue weighted by atomic mass is 10.2. The second-order valence-electron chi connectivity index (χ2n) is 4.09. The summed E-state index contributed by atoms with van der Waals surface area (Å²) >= 11 is 11.5. The van der Waals surface area contributed by atoms with Gasteiger partial charge in [0, 0.05) is 11.1 Å². The highest BCUT2D eigenvalue weighted by atomic mass is 35.5. The molecule has 21 heavy (non-hydrogen) atoms. The number of ether oxygens (including phenoxy) is 1. The van der Waals surface area contributed by atoms with Crippen LogP contribution < -0.4 is 9.46 Å². The first-order valence-electron chi connectivity index (χ1n) is 5.68. The van der Waals surface area contributed by atoms with Crippen molar-refractivity contribution in [3.05, 3.63) is 40.4 Å². The summed E-state index contributed by atoms with van der Waals surface area (Å²) in [4.78, 5) is 7.18. The van der Waals surface area contributed by atoms with Gasteiger partial charge in [0.2, 0.25) is 5.28 Å². The summed E-state index contributed by atoms with van der Waals surface area (Å²) in [7, 11) is -2.43. The van der Waals surface area contributed by atoms with E-state index in [0.717, 1.165) is 12.4 Å².